The van der Waals surface area contributed by atoms with Gasteiger partial charge in [0.05, 0.1) is 6.54 Å². The summed E-state index contributed by atoms with van der Waals surface area (Å²) in [5.41, 5.74) is 0.123. The summed E-state index contributed by atoms with van der Waals surface area (Å²) in [5.74, 6) is 0. The maximum Gasteiger partial charge on any atom is 0.251 e. The molecule has 0 amide bonds. The minimum Gasteiger partial charge on any atom is -0.310 e. The van der Waals surface area contributed by atoms with Gasteiger partial charge in [-0.3, -0.25) is 4.90 Å². The summed E-state index contributed by atoms with van der Waals surface area (Å²) >= 11 is 0. The van der Waals surface area contributed by atoms with Gasteiger partial charge in [0, 0.05) is 18.1 Å². The first-order chi connectivity index (χ1) is 8.11. The van der Waals surface area contributed by atoms with E-state index in [1.807, 2.05) is 4.90 Å². The molecule has 1 heterocycles. The van der Waals surface area contributed by atoms with Crippen LogP contribution in [-0.2, 0) is 0 Å². The van der Waals surface area contributed by atoms with Gasteiger partial charge in [0.1, 0.15) is 0 Å². The molecule has 2 aliphatic rings. The van der Waals surface area contributed by atoms with Gasteiger partial charge < -0.3 is 5.32 Å². The standard InChI is InChI=1S/C13H24F2N2/c1-11-5-8-16-13(6-3-2-4-7-13)10-17(11)9-12(14)15/h11-12,16H,2-10H2,1H3. The molecule has 1 atom stereocenters. The summed E-state index contributed by atoms with van der Waals surface area (Å²) < 4.78 is 25.2. The highest BCUT2D eigenvalue weighted by Gasteiger charge is 2.37. The summed E-state index contributed by atoms with van der Waals surface area (Å²) in [6, 6.07) is 0.276. The lowest BCUT2D eigenvalue weighted by molar-refractivity contribution is 0.0526. The van der Waals surface area contributed by atoms with E-state index in [0.717, 1.165) is 32.4 Å². The van der Waals surface area contributed by atoms with E-state index in [9.17, 15) is 8.78 Å². The molecule has 1 aliphatic heterocycles. The van der Waals surface area contributed by atoms with Crippen molar-refractivity contribution in [3.8, 4) is 0 Å². The van der Waals surface area contributed by atoms with E-state index >= 15 is 0 Å². The first-order valence-corrected chi connectivity index (χ1v) is 6.89. The van der Waals surface area contributed by atoms with E-state index in [1.54, 1.807) is 0 Å². The van der Waals surface area contributed by atoms with Gasteiger partial charge in [-0.15, -0.1) is 0 Å². The van der Waals surface area contributed by atoms with Crippen molar-refractivity contribution < 1.29 is 8.78 Å². The van der Waals surface area contributed by atoms with E-state index in [-0.39, 0.29) is 18.1 Å². The molecule has 0 aromatic rings. The van der Waals surface area contributed by atoms with Crippen LogP contribution in [-0.4, -0.2) is 42.5 Å². The first-order valence-electron chi connectivity index (χ1n) is 6.89. The highest BCUT2D eigenvalue weighted by atomic mass is 19.3. The van der Waals surface area contributed by atoms with Crippen LogP contribution < -0.4 is 5.32 Å². The second-order valence-electron chi connectivity index (χ2n) is 5.73. The molecule has 4 heteroatoms. The smallest absolute Gasteiger partial charge is 0.251 e. The summed E-state index contributed by atoms with van der Waals surface area (Å²) in [5, 5.41) is 3.64. The van der Waals surface area contributed by atoms with Crippen LogP contribution in [0.4, 0.5) is 8.78 Å². The summed E-state index contributed by atoms with van der Waals surface area (Å²) in [7, 11) is 0. The first kappa shape index (κ1) is 13.2. The summed E-state index contributed by atoms with van der Waals surface area (Å²) in [6.07, 6.45) is 4.85. The number of alkyl halides is 2. The van der Waals surface area contributed by atoms with Crippen molar-refractivity contribution >= 4 is 0 Å². The Bertz CT molecular complexity index is 240. The van der Waals surface area contributed by atoms with Crippen LogP contribution in [0.1, 0.15) is 45.4 Å². The molecule has 1 saturated carbocycles. The number of halogens is 2. The Labute approximate surface area is 103 Å². The predicted octanol–water partition coefficient (Wildman–Crippen LogP) is 2.64. The van der Waals surface area contributed by atoms with Gasteiger partial charge in [0.25, 0.3) is 6.43 Å². The van der Waals surface area contributed by atoms with E-state index in [0.29, 0.717) is 0 Å². The van der Waals surface area contributed by atoms with Gasteiger partial charge in [0.2, 0.25) is 0 Å². The van der Waals surface area contributed by atoms with Crippen molar-refractivity contribution in [2.24, 2.45) is 0 Å². The molecular formula is C13H24F2N2. The third-order valence-electron chi connectivity index (χ3n) is 4.37. The molecule has 17 heavy (non-hydrogen) atoms. The van der Waals surface area contributed by atoms with Gasteiger partial charge in [-0.1, -0.05) is 19.3 Å². The van der Waals surface area contributed by atoms with Crippen molar-refractivity contribution in [1.82, 2.24) is 10.2 Å². The van der Waals surface area contributed by atoms with Crippen molar-refractivity contribution in [1.29, 1.82) is 0 Å². The Balaban J connectivity index is 2.03. The quantitative estimate of drug-likeness (QED) is 0.806. The van der Waals surface area contributed by atoms with Crippen LogP contribution in [0.15, 0.2) is 0 Å². The molecule has 2 rings (SSSR count). The zero-order chi connectivity index (χ0) is 12.3. The number of nitrogens with zero attached hydrogens (tertiary/aromatic N) is 1. The average molecular weight is 246 g/mol. The van der Waals surface area contributed by atoms with Crippen molar-refractivity contribution in [3.05, 3.63) is 0 Å². The van der Waals surface area contributed by atoms with Gasteiger partial charge in [0.15, 0.2) is 0 Å². The molecule has 2 nitrogen and oxygen atoms in total. The lowest BCUT2D eigenvalue weighted by Gasteiger charge is -2.40. The summed E-state index contributed by atoms with van der Waals surface area (Å²) in [4.78, 5) is 2.00. The third kappa shape index (κ3) is 3.38. The van der Waals surface area contributed by atoms with Crippen LogP contribution in [0.5, 0.6) is 0 Å². The zero-order valence-corrected chi connectivity index (χ0v) is 10.7. The van der Waals surface area contributed by atoms with Gasteiger partial charge in [-0.05, 0) is 32.7 Å². The Morgan fingerprint density at radius 3 is 2.65 bits per heavy atom. The Kier molecular flexibility index (Phi) is 4.36. The van der Waals surface area contributed by atoms with Gasteiger partial charge in [-0.25, -0.2) is 8.78 Å². The second-order valence-corrected chi connectivity index (χ2v) is 5.73. The molecule has 0 bridgehead atoms. The number of nitrogens with one attached hydrogen (secondary N) is 1. The maximum atomic E-state index is 12.6. The average Bonchev–Trinajstić information content (AvgIpc) is 2.41. The molecule has 1 saturated heterocycles. The van der Waals surface area contributed by atoms with Crippen LogP contribution in [0, 0.1) is 0 Å². The lowest BCUT2D eigenvalue weighted by Crippen LogP contribution is -2.53. The largest absolute Gasteiger partial charge is 0.310 e. The fourth-order valence-electron chi connectivity index (χ4n) is 3.31. The van der Waals surface area contributed by atoms with Gasteiger partial charge >= 0.3 is 0 Å². The van der Waals surface area contributed by atoms with E-state index in [1.165, 1.54) is 19.3 Å². The van der Waals surface area contributed by atoms with Crippen LogP contribution in [0.3, 0.4) is 0 Å². The predicted molar refractivity (Wildman–Crippen MR) is 65.5 cm³/mol. The molecule has 0 aromatic heterocycles. The molecule has 1 spiro atoms. The molecule has 1 unspecified atom stereocenters. The molecule has 0 aromatic carbocycles. The monoisotopic (exact) mass is 246 g/mol. The van der Waals surface area contributed by atoms with E-state index in [4.69, 9.17) is 0 Å². The minimum atomic E-state index is -2.21. The van der Waals surface area contributed by atoms with Crippen LogP contribution in [0.2, 0.25) is 0 Å². The van der Waals surface area contributed by atoms with Crippen LogP contribution >= 0.6 is 0 Å². The Morgan fingerprint density at radius 1 is 1.29 bits per heavy atom. The van der Waals surface area contributed by atoms with E-state index < -0.39 is 6.43 Å². The maximum absolute atomic E-state index is 12.6. The lowest BCUT2D eigenvalue weighted by atomic mass is 9.81. The highest BCUT2D eigenvalue weighted by Crippen LogP contribution is 2.31. The highest BCUT2D eigenvalue weighted by molar-refractivity contribution is 4.96. The summed E-state index contributed by atoms with van der Waals surface area (Å²) in [6.45, 7) is 3.79. The normalized spacial score (nSPS) is 30.7. The third-order valence-corrected chi connectivity index (χ3v) is 4.37. The molecule has 0 radical (unpaired) electrons. The zero-order valence-electron chi connectivity index (χ0n) is 10.7. The minimum absolute atomic E-state index is 0.0649. The van der Waals surface area contributed by atoms with Gasteiger partial charge in [-0.2, -0.15) is 0 Å². The van der Waals surface area contributed by atoms with E-state index in [2.05, 4.69) is 12.2 Å². The Hall–Kier alpha value is -0.220. The molecule has 1 aliphatic carbocycles. The molecule has 2 fully saturated rings. The fourth-order valence-corrected chi connectivity index (χ4v) is 3.31. The Morgan fingerprint density at radius 2 is 2.00 bits per heavy atom. The molecule has 100 valence electrons. The van der Waals surface area contributed by atoms with Crippen molar-refractivity contribution in [3.63, 3.8) is 0 Å². The molecule has 1 N–H and O–H groups in total. The second kappa shape index (κ2) is 5.61. The number of hydrogen-bond acceptors (Lipinski definition) is 2. The SMILES string of the molecule is CC1CCNC2(CCCCC2)CN1CC(F)F. The topological polar surface area (TPSA) is 15.3 Å². The number of rotatable bonds is 2. The van der Waals surface area contributed by atoms with Crippen LogP contribution in [0.25, 0.3) is 0 Å². The van der Waals surface area contributed by atoms with Crippen molar-refractivity contribution in [2.45, 2.75) is 63.5 Å². The number of hydrogen-bond donors (Lipinski definition) is 1. The molecular weight excluding hydrogens is 222 g/mol. The fraction of sp³-hybridized carbons (Fsp3) is 1.00. The van der Waals surface area contributed by atoms with Crippen molar-refractivity contribution in [2.75, 3.05) is 19.6 Å².